The molecule has 0 aromatic rings. The molecule has 108 valence electrons. The first-order valence-corrected chi connectivity index (χ1v) is 9.03. The summed E-state index contributed by atoms with van der Waals surface area (Å²) in [5.41, 5.74) is 0. The lowest BCUT2D eigenvalue weighted by molar-refractivity contribution is 0.150. The molecule has 18 heavy (non-hydrogen) atoms. The monoisotopic (exact) mass is 274 g/mol. The molecule has 0 radical (unpaired) electrons. The third-order valence-electron chi connectivity index (χ3n) is 4.01. The van der Waals surface area contributed by atoms with Crippen LogP contribution in [-0.4, -0.2) is 52.8 Å². The molecule has 4 heteroatoms. The third kappa shape index (κ3) is 5.81. The van der Waals surface area contributed by atoms with Crippen LogP contribution in [0.4, 0.5) is 0 Å². The van der Waals surface area contributed by atoms with Gasteiger partial charge >= 0.3 is 0 Å². The van der Waals surface area contributed by atoms with Gasteiger partial charge in [0.2, 0.25) is 0 Å². The molecule has 1 aliphatic heterocycles. The van der Waals surface area contributed by atoms with Gasteiger partial charge in [0, 0.05) is 41.4 Å². The van der Waals surface area contributed by atoms with E-state index >= 15 is 0 Å². The van der Waals surface area contributed by atoms with Gasteiger partial charge in [-0.2, -0.15) is 0 Å². The largest absolute Gasteiger partial charge is 0.314 e. The maximum absolute atomic E-state index is 11.2. The Morgan fingerprint density at radius 2 is 2.22 bits per heavy atom. The van der Waals surface area contributed by atoms with Gasteiger partial charge in [-0.25, -0.2) is 0 Å². The minimum absolute atomic E-state index is 0.562. The molecule has 1 fully saturated rings. The van der Waals surface area contributed by atoms with Crippen molar-refractivity contribution in [1.82, 2.24) is 10.2 Å². The van der Waals surface area contributed by atoms with Crippen LogP contribution in [0.25, 0.3) is 0 Å². The summed E-state index contributed by atoms with van der Waals surface area (Å²) in [5.74, 6) is 1.54. The summed E-state index contributed by atoms with van der Waals surface area (Å²) in [6.07, 6.45) is 5.32. The van der Waals surface area contributed by atoms with E-state index in [1.807, 2.05) is 0 Å². The first-order chi connectivity index (χ1) is 8.52. The van der Waals surface area contributed by atoms with Crippen molar-refractivity contribution in [3.8, 4) is 0 Å². The number of nitrogens with one attached hydrogen (secondary N) is 1. The second kappa shape index (κ2) is 8.28. The summed E-state index contributed by atoms with van der Waals surface area (Å²) in [7, 11) is -0.655. The quantitative estimate of drug-likeness (QED) is 0.830. The molecule has 0 saturated carbocycles. The number of nitrogens with zero attached hydrogens (tertiary/aromatic N) is 1. The Balaban J connectivity index is 2.48. The van der Waals surface area contributed by atoms with E-state index in [2.05, 4.69) is 31.0 Å². The van der Waals surface area contributed by atoms with E-state index in [0.29, 0.717) is 18.0 Å². The van der Waals surface area contributed by atoms with Gasteiger partial charge < -0.3 is 10.2 Å². The van der Waals surface area contributed by atoms with Crippen LogP contribution in [0.5, 0.6) is 0 Å². The molecule has 0 aliphatic carbocycles. The van der Waals surface area contributed by atoms with Crippen LogP contribution in [-0.2, 0) is 10.8 Å². The zero-order valence-corrected chi connectivity index (χ0v) is 13.3. The Bertz CT molecular complexity index is 260. The maximum Gasteiger partial charge on any atom is 0.0246 e. The van der Waals surface area contributed by atoms with E-state index in [1.54, 1.807) is 6.26 Å². The van der Waals surface area contributed by atoms with Crippen molar-refractivity contribution in [1.29, 1.82) is 0 Å². The van der Waals surface area contributed by atoms with E-state index in [-0.39, 0.29) is 0 Å². The Labute approximate surface area is 115 Å². The predicted molar refractivity (Wildman–Crippen MR) is 80.4 cm³/mol. The highest BCUT2D eigenvalue weighted by molar-refractivity contribution is 7.84. The van der Waals surface area contributed by atoms with E-state index in [0.717, 1.165) is 18.7 Å². The molecule has 1 rings (SSSR count). The van der Waals surface area contributed by atoms with Crippen molar-refractivity contribution < 1.29 is 4.21 Å². The summed E-state index contributed by atoms with van der Waals surface area (Å²) < 4.78 is 11.2. The molecule has 1 heterocycles. The summed E-state index contributed by atoms with van der Waals surface area (Å²) in [6.45, 7) is 10.3. The van der Waals surface area contributed by atoms with E-state index < -0.39 is 10.8 Å². The van der Waals surface area contributed by atoms with E-state index in [4.69, 9.17) is 0 Å². The average Bonchev–Trinajstić information content (AvgIpc) is 2.31. The van der Waals surface area contributed by atoms with Crippen LogP contribution < -0.4 is 5.32 Å². The highest BCUT2D eigenvalue weighted by atomic mass is 32.2. The van der Waals surface area contributed by atoms with Gasteiger partial charge in [-0.3, -0.25) is 4.21 Å². The molecule has 4 unspecified atom stereocenters. The molecule has 0 spiro atoms. The molecule has 0 aromatic carbocycles. The Morgan fingerprint density at radius 3 is 2.83 bits per heavy atom. The summed E-state index contributed by atoms with van der Waals surface area (Å²) >= 11 is 0. The van der Waals surface area contributed by atoms with Crippen molar-refractivity contribution in [2.75, 3.05) is 31.6 Å². The first-order valence-electron chi connectivity index (χ1n) is 7.30. The number of hydrogen-bond donors (Lipinski definition) is 1. The molecule has 0 bridgehead atoms. The van der Waals surface area contributed by atoms with Crippen molar-refractivity contribution in [2.24, 2.45) is 5.92 Å². The average molecular weight is 274 g/mol. The lowest BCUT2D eigenvalue weighted by Gasteiger charge is -2.35. The molecule has 3 nitrogen and oxygen atoms in total. The fourth-order valence-electron chi connectivity index (χ4n) is 2.62. The lowest BCUT2D eigenvalue weighted by Crippen LogP contribution is -2.46. The maximum atomic E-state index is 11.2. The normalized spacial score (nSPS) is 30.4. The van der Waals surface area contributed by atoms with Crippen molar-refractivity contribution in [2.45, 2.75) is 52.1 Å². The van der Waals surface area contributed by atoms with Gasteiger partial charge in [-0.1, -0.05) is 13.8 Å². The third-order valence-corrected chi connectivity index (χ3v) is 4.82. The standard InChI is InChI=1S/C14H30N2OS/c1-5-14-6-8-16(11-12(2)10-15-14)13(3)7-9-18(4)17/h12-15H,5-11H2,1-4H3. The molecule has 1 N–H and O–H groups in total. The molecule has 1 aliphatic rings. The fourth-order valence-corrected chi connectivity index (χ4v) is 3.29. The Kier molecular flexibility index (Phi) is 7.42. The lowest BCUT2D eigenvalue weighted by atomic mass is 10.0. The Morgan fingerprint density at radius 1 is 1.50 bits per heavy atom. The van der Waals surface area contributed by atoms with Gasteiger partial charge in [0.25, 0.3) is 0 Å². The smallest absolute Gasteiger partial charge is 0.0246 e. The minimum atomic E-state index is -0.655. The van der Waals surface area contributed by atoms with E-state index in [1.165, 1.54) is 25.9 Å². The number of rotatable bonds is 5. The second-order valence-electron chi connectivity index (χ2n) is 5.82. The summed E-state index contributed by atoms with van der Waals surface area (Å²) in [4.78, 5) is 2.60. The molecule has 0 amide bonds. The van der Waals surface area contributed by atoms with Crippen LogP contribution in [0.2, 0.25) is 0 Å². The van der Waals surface area contributed by atoms with Crippen molar-refractivity contribution in [3.63, 3.8) is 0 Å². The highest BCUT2D eigenvalue weighted by Crippen LogP contribution is 2.13. The zero-order valence-electron chi connectivity index (χ0n) is 12.4. The van der Waals surface area contributed by atoms with Crippen LogP contribution in [0.15, 0.2) is 0 Å². The fraction of sp³-hybridized carbons (Fsp3) is 1.00. The number of hydrogen-bond acceptors (Lipinski definition) is 3. The van der Waals surface area contributed by atoms with Crippen molar-refractivity contribution in [3.05, 3.63) is 0 Å². The minimum Gasteiger partial charge on any atom is -0.314 e. The van der Waals surface area contributed by atoms with Crippen LogP contribution in [0.3, 0.4) is 0 Å². The molecular weight excluding hydrogens is 244 g/mol. The van der Waals surface area contributed by atoms with E-state index in [9.17, 15) is 4.21 Å². The van der Waals surface area contributed by atoms with Gasteiger partial charge in [-0.15, -0.1) is 0 Å². The summed E-state index contributed by atoms with van der Waals surface area (Å²) in [5, 5.41) is 3.66. The SMILES string of the molecule is CCC1CCN(C(C)CCS(C)=O)CC(C)CN1. The second-order valence-corrected chi connectivity index (χ2v) is 7.37. The van der Waals surface area contributed by atoms with Gasteiger partial charge in [0.15, 0.2) is 0 Å². The van der Waals surface area contributed by atoms with Gasteiger partial charge in [0.1, 0.15) is 0 Å². The molecule has 0 aromatic heterocycles. The van der Waals surface area contributed by atoms with Crippen LogP contribution in [0, 0.1) is 5.92 Å². The molecular formula is C14H30N2OS. The topological polar surface area (TPSA) is 32.3 Å². The van der Waals surface area contributed by atoms with Crippen LogP contribution in [0.1, 0.15) is 40.0 Å². The highest BCUT2D eigenvalue weighted by Gasteiger charge is 2.21. The molecule has 1 saturated heterocycles. The van der Waals surface area contributed by atoms with Gasteiger partial charge in [0.05, 0.1) is 0 Å². The Hall–Kier alpha value is 0.0700. The summed E-state index contributed by atoms with van der Waals surface area (Å²) in [6, 6.07) is 1.23. The molecule has 4 atom stereocenters. The van der Waals surface area contributed by atoms with Crippen LogP contribution >= 0.6 is 0 Å². The first kappa shape index (κ1) is 16.1. The zero-order chi connectivity index (χ0) is 13.5. The predicted octanol–water partition coefficient (Wildman–Crippen LogP) is 1.85. The van der Waals surface area contributed by atoms with Crippen molar-refractivity contribution >= 4 is 10.8 Å². The van der Waals surface area contributed by atoms with Gasteiger partial charge in [-0.05, 0) is 45.2 Å².